The molecule has 1 aliphatic heterocycles. The van der Waals surface area contributed by atoms with Crippen LogP contribution in [0.1, 0.15) is 21.7 Å². The zero-order valence-corrected chi connectivity index (χ0v) is 18.0. The first-order valence-electron chi connectivity index (χ1n) is 10.4. The normalized spacial score (nSPS) is 13.0. The van der Waals surface area contributed by atoms with E-state index < -0.39 is 0 Å². The minimum Gasteiger partial charge on any atom is -0.348 e. The second-order valence-electron chi connectivity index (χ2n) is 7.65. The number of carbonyl (C=O) groups is 1. The second kappa shape index (κ2) is 8.81. The fourth-order valence-electron chi connectivity index (χ4n) is 3.71. The van der Waals surface area contributed by atoms with Crippen LogP contribution in [0, 0.1) is 6.07 Å². The van der Waals surface area contributed by atoms with Crippen LogP contribution < -0.4 is 10.2 Å². The summed E-state index contributed by atoms with van der Waals surface area (Å²) in [5.41, 5.74) is 2.39. The molecule has 0 spiro atoms. The Balaban J connectivity index is 1.27. The highest BCUT2D eigenvalue weighted by molar-refractivity contribution is 6.29. The van der Waals surface area contributed by atoms with Gasteiger partial charge in [0.1, 0.15) is 16.8 Å². The highest BCUT2D eigenvalue weighted by atomic mass is 35.5. The predicted molar refractivity (Wildman–Crippen MR) is 128 cm³/mol. The van der Waals surface area contributed by atoms with Crippen LogP contribution in [-0.2, 0) is 6.42 Å². The molecule has 1 amide bonds. The topological polar surface area (TPSA) is 58.1 Å². The molecule has 0 saturated carbocycles. The molecule has 0 atom stereocenters. The molecule has 0 fully saturated rings. The monoisotopic (exact) mass is 439 g/mol. The number of rotatable bonds is 5. The molecule has 1 aromatic heterocycles. The molecule has 0 saturated heterocycles. The largest absolute Gasteiger partial charge is 0.348 e. The number of fused-ring (bicyclic) bond motifs is 1. The van der Waals surface area contributed by atoms with Crippen LogP contribution in [0.5, 0.6) is 0 Å². The maximum Gasteiger partial charge on any atom is 0.255 e. The number of anilines is 2. The molecule has 5 rings (SSSR count). The maximum atomic E-state index is 12.7. The van der Waals surface area contributed by atoms with Crippen molar-refractivity contribution in [1.82, 2.24) is 9.97 Å². The molecule has 2 heterocycles. The summed E-state index contributed by atoms with van der Waals surface area (Å²) in [6.45, 7) is 1.60. The Morgan fingerprint density at radius 1 is 0.969 bits per heavy atom. The van der Waals surface area contributed by atoms with Gasteiger partial charge in [-0.05, 0) is 40.6 Å². The Bertz CT molecular complexity index is 1310. The van der Waals surface area contributed by atoms with E-state index in [0.717, 1.165) is 35.1 Å². The van der Waals surface area contributed by atoms with Crippen LogP contribution in [0.2, 0.25) is 5.15 Å². The van der Waals surface area contributed by atoms with Crippen LogP contribution in [0.3, 0.4) is 0 Å². The van der Waals surface area contributed by atoms with Crippen molar-refractivity contribution in [2.24, 2.45) is 0 Å². The summed E-state index contributed by atoms with van der Waals surface area (Å²) < 4.78 is 0. The number of hydrogen-bond donors (Lipinski definition) is 1. The van der Waals surface area contributed by atoms with Gasteiger partial charge in [0.25, 0.3) is 5.91 Å². The molecule has 0 unspecified atom stereocenters. The lowest BCUT2D eigenvalue weighted by Crippen LogP contribution is -2.20. The minimum atomic E-state index is -0.138. The molecule has 1 aliphatic rings. The number of hydrogen-bond acceptors (Lipinski definition) is 4. The van der Waals surface area contributed by atoms with Gasteiger partial charge < -0.3 is 10.2 Å². The minimum absolute atomic E-state index is 0.138. The van der Waals surface area contributed by atoms with E-state index in [9.17, 15) is 4.79 Å². The van der Waals surface area contributed by atoms with Crippen LogP contribution >= 0.6 is 11.6 Å². The number of amides is 1. The van der Waals surface area contributed by atoms with Gasteiger partial charge in [0.2, 0.25) is 0 Å². The van der Waals surface area contributed by atoms with Gasteiger partial charge in [-0.3, -0.25) is 4.79 Å². The van der Waals surface area contributed by atoms with E-state index in [4.69, 9.17) is 11.6 Å². The number of nitrogens with zero attached hydrogens (tertiary/aromatic N) is 3. The van der Waals surface area contributed by atoms with Crippen molar-refractivity contribution in [3.8, 4) is 0 Å². The molecule has 32 heavy (non-hydrogen) atoms. The average molecular weight is 440 g/mol. The Kier molecular flexibility index (Phi) is 5.57. The lowest BCUT2D eigenvalue weighted by molar-refractivity contribution is 0.102. The Labute approximate surface area is 191 Å². The van der Waals surface area contributed by atoms with E-state index in [1.807, 2.05) is 66.7 Å². The van der Waals surface area contributed by atoms with Crippen molar-refractivity contribution in [2.75, 3.05) is 23.3 Å². The summed E-state index contributed by atoms with van der Waals surface area (Å²) in [6, 6.07) is 24.4. The number of benzene rings is 3. The van der Waals surface area contributed by atoms with E-state index in [1.54, 1.807) is 0 Å². The highest BCUT2D eigenvalue weighted by Crippen LogP contribution is 2.20. The zero-order valence-electron chi connectivity index (χ0n) is 17.3. The van der Waals surface area contributed by atoms with Crippen LogP contribution in [0.15, 0.2) is 78.9 Å². The zero-order chi connectivity index (χ0) is 21.9. The van der Waals surface area contributed by atoms with Gasteiger partial charge >= 0.3 is 0 Å². The molecular weight excluding hydrogens is 420 g/mol. The first kappa shape index (κ1) is 20.2. The fourth-order valence-corrected chi connectivity index (χ4v) is 3.89. The van der Waals surface area contributed by atoms with E-state index in [1.165, 1.54) is 0 Å². The molecule has 5 nitrogen and oxygen atoms in total. The maximum absolute atomic E-state index is 12.7. The van der Waals surface area contributed by atoms with Gasteiger partial charge in [-0.1, -0.05) is 66.2 Å². The first-order chi connectivity index (χ1) is 15.6. The fraction of sp³-hybridized carbons (Fsp3) is 0.115. The summed E-state index contributed by atoms with van der Waals surface area (Å²) in [7, 11) is 0. The van der Waals surface area contributed by atoms with Gasteiger partial charge in [0.05, 0.1) is 6.07 Å². The average Bonchev–Trinajstić information content (AvgIpc) is 3.35. The van der Waals surface area contributed by atoms with Gasteiger partial charge in [-0.2, -0.15) is 0 Å². The van der Waals surface area contributed by atoms with Gasteiger partial charge in [0, 0.05) is 30.8 Å². The number of aromatic nitrogens is 2. The van der Waals surface area contributed by atoms with Crippen molar-refractivity contribution in [3.63, 3.8) is 0 Å². The van der Waals surface area contributed by atoms with Crippen molar-refractivity contribution in [2.45, 2.75) is 6.42 Å². The van der Waals surface area contributed by atoms with Crippen molar-refractivity contribution < 1.29 is 4.79 Å². The SMILES string of the molecule is O=C(Nc1ccc(Cc2nc(Cl)[c]c(N3CC=CC3)n2)cc1)c1ccc2ccccc2c1. The van der Waals surface area contributed by atoms with Crippen molar-refractivity contribution in [1.29, 1.82) is 0 Å². The van der Waals surface area contributed by atoms with Crippen molar-refractivity contribution >= 4 is 39.8 Å². The number of nitrogens with one attached hydrogen (secondary N) is 1. The van der Waals surface area contributed by atoms with Gasteiger partial charge in [-0.15, -0.1) is 0 Å². The smallest absolute Gasteiger partial charge is 0.255 e. The molecule has 3 aromatic carbocycles. The summed E-state index contributed by atoms with van der Waals surface area (Å²) >= 11 is 6.17. The number of halogens is 1. The molecule has 1 N–H and O–H groups in total. The lowest BCUT2D eigenvalue weighted by atomic mass is 10.1. The summed E-state index contributed by atoms with van der Waals surface area (Å²) in [4.78, 5) is 23.7. The van der Waals surface area contributed by atoms with E-state index in [0.29, 0.717) is 28.8 Å². The second-order valence-corrected chi connectivity index (χ2v) is 8.00. The first-order valence-corrected chi connectivity index (χ1v) is 10.8. The molecule has 0 aliphatic carbocycles. The third-order valence-electron chi connectivity index (χ3n) is 5.38. The highest BCUT2D eigenvalue weighted by Gasteiger charge is 2.13. The Morgan fingerprint density at radius 2 is 1.72 bits per heavy atom. The molecule has 1 radical (unpaired) electrons. The molecule has 6 heteroatoms. The van der Waals surface area contributed by atoms with Crippen LogP contribution in [-0.4, -0.2) is 29.0 Å². The Hall–Kier alpha value is -3.70. The van der Waals surface area contributed by atoms with E-state index in [-0.39, 0.29) is 5.91 Å². The third kappa shape index (κ3) is 4.48. The number of carbonyl (C=O) groups excluding carboxylic acids is 1. The van der Waals surface area contributed by atoms with Crippen LogP contribution in [0.25, 0.3) is 10.8 Å². The van der Waals surface area contributed by atoms with Crippen LogP contribution in [0.4, 0.5) is 11.5 Å². The van der Waals surface area contributed by atoms with Gasteiger partial charge in [0.15, 0.2) is 0 Å². The molecular formula is C26H20ClN4O. The lowest BCUT2D eigenvalue weighted by Gasteiger charge is -2.16. The van der Waals surface area contributed by atoms with Gasteiger partial charge in [-0.25, -0.2) is 9.97 Å². The van der Waals surface area contributed by atoms with E-state index >= 15 is 0 Å². The quantitative estimate of drug-likeness (QED) is 0.338. The molecule has 0 bridgehead atoms. The Morgan fingerprint density at radius 3 is 2.50 bits per heavy atom. The molecule has 157 valence electrons. The summed E-state index contributed by atoms with van der Waals surface area (Å²) in [6.07, 6.45) is 4.73. The van der Waals surface area contributed by atoms with Crippen molar-refractivity contribution in [3.05, 3.63) is 107 Å². The van der Waals surface area contributed by atoms with E-state index in [2.05, 4.69) is 38.4 Å². The molecule has 4 aromatic rings. The predicted octanol–water partition coefficient (Wildman–Crippen LogP) is 5.30. The summed E-state index contributed by atoms with van der Waals surface area (Å²) in [5.74, 6) is 1.22. The standard InChI is InChI=1S/C26H20ClN4O/c27-23-17-25(31-13-3-4-14-31)30-24(29-23)15-18-7-11-22(12-8-18)28-26(32)21-10-9-19-5-1-2-6-20(19)16-21/h1-12,16H,13-15H2,(H,28,32). The third-order valence-corrected chi connectivity index (χ3v) is 5.56. The summed E-state index contributed by atoms with van der Waals surface area (Å²) in [5, 5.41) is 5.43.